The minimum Gasteiger partial charge on any atom is -0.359 e. The van der Waals surface area contributed by atoms with Crippen LogP contribution in [0.5, 0.6) is 0 Å². The smallest absolute Gasteiger partial charge is 0.313 e. The number of amides is 2. The van der Waals surface area contributed by atoms with E-state index in [1.54, 1.807) is 0 Å². The predicted octanol–water partition coefficient (Wildman–Crippen LogP) is 3.47. The van der Waals surface area contributed by atoms with Gasteiger partial charge in [-0.1, -0.05) is 13.3 Å². The van der Waals surface area contributed by atoms with Crippen LogP contribution in [0.2, 0.25) is 0 Å². The third kappa shape index (κ3) is 3.81. The highest BCUT2D eigenvalue weighted by molar-refractivity contribution is 6.40. The third-order valence-corrected chi connectivity index (χ3v) is 4.94. The zero-order valence-corrected chi connectivity index (χ0v) is 14.0. The maximum Gasteiger partial charge on any atom is 0.313 e. The zero-order chi connectivity index (χ0) is 18.0. The summed E-state index contributed by atoms with van der Waals surface area (Å²) in [4.78, 5) is 26.9. The van der Waals surface area contributed by atoms with Crippen molar-refractivity contribution in [2.75, 3.05) is 5.32 Å². The lowest BCUT2D eigenvalue weighted by molar-refractivity contribution is -0.136. The van der Waals surface area contributed by atoms with Gasteiger partial charge in [0, 0.05) is 23.7 Å². The molecule has 1 aromatic carbocycles. The van der Waals surface area contributed by atoms with E-state index in [1.165, 1.54) is 6.20 Å². The van der Waals surface area contributed by atoms with Crippen LogP contribution in [0.15, 0.2) is 18.3 Å². The molecule has 3 rings (SSSR count). The van der Waals surface area contributed by atoms with Gasteiger partial charge in [-0.25, -0.2) is 8.78 Å². The Morgan fingerprint density at radius 3 is 2.48 bits per heavy atom. The summed E-state index contributed by atoms with van der Waals surface area (Å²) >= 11 is 0. The fourth-order valence-electron chi connectivity index (χ4n) is 3.37. The molecule has 1 heterocycles. The van der Waals surface area contributed by atoms with E-state index in [2.05, 4.69) is 22.5 Å². The second-order valence-electron chi connectivity index (χ2n) is 6.57. The number of H-pyrrole nitrogens is 1. The lowest BCUT2D eigenvalue weighted by Gasteiger charge is -2.28. The lowest BCUT2D eigenvalue weighted by Crippen LogP contribution is -2.43. The van der Waals surface area contributed by atoms with Crippen LogP contribution < -0.4 is 10.6 Å². The molecule has 0 bridgehead atoms. The molecule has 5 nitrogen and oxygen atoms in total. The fourth-order valence-corrected chi connectivity index (χ4v) is 3.37. The number of halogens is 2. The van der Waals surface area contributed by atoms with Gasteiger partial charge in [-0.05, 0) is 37.7 Å². The molecular formula is C18H21F2N3O2. The van der Waals surface area contributed by atoms with Crippen molar-refractivity contribution in [1.29, 1.82) is 0 Å². The van der Waals surface area contributed by atoms with Gasteiger partial charge in [0.1, 0.15) is 0 Å². The van der Waals surface area contributed by atoms with Crippen LogP contribution in [-0.4, -0.2) is 22.8 Å². The van der Waals surface area contributed by atoms with Gasteiger partial charge in [0.25, 0.3) is 0 Å². The van der Waals surface area contributed by atoms with Crippen molar-refractivity contribution in [3.8, 4) is 0 Å². The average molecular weight is 349 g/mol. The number of hydrogen-bond acceptors (Lipinski definition) is 2. The Hall–Kier alpha value is -2.44. The number of aromatic nitrogens is 1. The topological polar surface area (TPSA) is 74.0 Å². The molecule has 1 saturated carbocycles. The number of rotatable bonds is 3. The zero-order valence-electron chi connectivity index (χ0n) is 14.0. The molecule has 0 unspecified atom stereocenters. The van der Waals surface area contributed by atoms with E-state index in [0.29, 0.717) is 16.8 Å². The first-order chi connectivity index (χ1) is 12.0. The highest BCUT2D eigenvalue weighted by Crippen LogP contribution is 2.27. The first kappa shape index (κ1) is 17.4. The van der Waals surface area contributed by atoms with Crippen molar-refractivity contribution >= 4 is 28.4 Å². The summed E-state index contributed by atoms with van der Waals surface area (Å²) in [5, 5.41) is 5.51. The van der Waals surface area contributed by atoms with Gasteiger partial charge < -0.3 is 15.6 Å². The molecule has 1 aliphatic carbocycles. The average Bonchev–Trinajstić information content (AvgIpc) is 2.97. The molecule has 0 atom stereocenters. The summed E-state index contributed by atoms with van der Waals surface area (Å²) < 4.78 is 26.6. The summed E-state index contributed by atoms with van der Waals surface area (Å²) in [6, 6.07) is 2.00. The first-order valence-corrected chi connectivity index (χ1v) is 8.56. The molecule has 7 heteroatoms. The molecular weight excluding hydrogens is 328 g/mol. The standard InChI is InChI=1S/C18H21F2N3O2/c1-2-10-3-5-11(6-4-10)22-17(24)18(25)23-16-9-21-15-8-14(20)13(19)7-12(15)16/h7-11,21H,2-6H2,1H3,(H,22,24)(H,23,25). The molecule has 0 spiro atoms. The second kappa shape index (κ2) is 7.21. The monoisotopic (exact) mass is 349 g/mol. The molecule has 2 aromatic rings. The Bertz CT molecular complexity index is 795. The Labute approximate surface area is 144 Å². The number of fused-ring (bicyclic) bond motifs is 1. The molecule has 1 aromatic heterocycles. The number of nitrogens with one attached hydrogen (secondary N) is 3. The van der Waals surface area contributed by atoms with Crippen molar-refractivity contribution in [3.05, 3.63) is 30.0 Å². The molecule has 1 fully saturated rings. The van der Waals surface area contributed by atoms with Gasteiger partial charge in [0.05, 0.1) is 11.2 Å². The largest absolute Gasteiger partial charge is 0.359 e. The van der Waals surface area contributed by atoms with Crippen LogP contribution in [0.4, 0.5) is 14.5 Å². The Morgan fingerprint density at radius 1 is 1.12 bits per heavy atom. The van der Waals surface area contributed by atoms with E-state index in [4.69, 9.17) is 0 Å². The fraction of sp³-hybridized carbons (Fsp3) is 0.444. The van der Waals surface area contributed by atoms with E-state index >= 15 is 0 Å². The molecule has 25 heavy (non-hydrogen) atoms. The normalized spacial score (nSPS) is 20.4. The van der Waals surface area contributed by atoms with Crippen LogP contribution in [0.3, 0.4) is 0 Å². The van der Waals surface area contributed by atoms with Crippen molar-refractivity contribution in [3.63, 3.8) is 0 Å². The number of anilines is 1. The van der Waals surface area contributed by atoms with Crippen LogP contribution in [0.25, 0.3) is 10.9 Å². The molecule has 2 amide bonds. The highest BCUT2D eigenvalue weighted by Gasteiger charge is 2.24. The number of carbonyl (C=O) groups is 2. The van der Waals surface area contributed by atoms with E-state index < -0.39 is 23.4 Å². The summed E-state index contributed by atoms with van der Waals surface area (Å²) in [5.41, 5.74) is 0.580. The maximum absolute atomic E-state index is 13.4. The van der Waals surface area contributed by atoms with E-state index in [-0.39, 0.29) is 11.7 Å². The van der Waals surface area contributed by atoms with E-state index in [1.807, 2.05) is 0 Å². The molecule has 3 N–H and O–H groups in total. The number of carbonyl (C=O) groups excluding carboxylic acids is 2. The van der Waals surface area contributed by atoms with Gasteiger partial charge >= 0.3 is 11.8 Å². The van der Waals surface area contributed by atoms with E-state index in [9.17, 15) is 18.4 Å². The number of hydrogen-bond donors (Lipinski definition) is 3. The van der Waals surface area contributed by atoms with Crippen molar-refractivity contribution in [2.45, 2.75) is 45.1 Å². The number of aromatic amines is 1. The summed E-state index contributed by atoms with van der Waals surface area (Å²) in [6.07, 6.45) is 6.39. The Morgan fingerprint density at radius 2 is 1.80 bits per heavy atom. The van der Waals surface area contributed by atoms with Crippen LogP contribution in [0.1, 0.15) is 39.0 Å². The lowest BCUT2D eigenvalue weighted by atomic mass is 9.84. The third-order valence-electron chi connectivity index (χ3n) is 4.94. The summed E-state index contributed by atoms with van der Waals surface area (Å²) in [6.45, 7) is 2.16. The minimum absolute atomic E-state index is 0.00978. The van der Waals surface area contributed by atoms with Gasteiger partial charge in [-0.2, -0.15) is 0 Å². The van der Waals surface area contributed by atoms with Gasteiger partial charge in [0.2, 0.25) is 0 Å². The van der Waals surface area contributed by atoms with Crippen molar-refractivity contribution in [2.24, 2.45) is 5.92 Å². The molecule has 0 radical (unpaired) electrons. The SMILES string of the molecule is CCC1CCC(NC(=O)C(=O)Nc2c[nH]c3cc(F)c(F)cc23)CC1. The molecule has 1 aliphatic rings. The highest BCUT2D eigenvalue weighted by atomic mass is 19.2. The van der Waals surface area contributed by atoms with Gasteiger partial charge in [-0.15, -0.1) is 0 Å². The maximum atomic E-state index is 13.4. The molecule has 134 valence electrons. The predicted molar refractivity (Wildman–Crippen MR) is 91.0 cm³/mol. The number of benzene rings is 1. The first-order valence-electron chi connectivity index (χ1n) is 8.56. The summed E-state index contributed by atoms with van der Waals surface area (Å²) in [7, 11) is 0. The van der Waals surface area contributed by atoms with Crippen LogP contribution in [0, 0.1) is 17.6 Å². The summed E-state index contributed by atoms with van der Waals surface area (Å²) in [5.74, 6) is -2.82. The van der Waals surface area contributed by atoms with E-state index in [0.717, 1.165) is 44.2 Å². The molecule has 0 saturated heterocycles. The van der Waals surface area contributed by atoms with Crippen molar-refractivity contribution in [1.82, 2.24) is 10.3 Å². The quantitative estimate of drug-likeness (QED) is 0.742. The van der Waals surface area contributed by atoms with Crippen LogP contribution >= 0.6 is 0 Å². The molecule has 0 aliphatic heterocycles. The minimum atomic E-state index is -1.01. The van der Waals surface area contributed by atoms with Crippen molar-refractivity contribution < 1.29 is 18.4 Å². The van der Waals surface area contributed by atoms with Gasteiger partial charge in [0.15, 0.2) is 11.6 Å². The Balaban J connectivity index is 1.62. The van der Waals surface area contributed by atoms with Gasteiger partial charge in [-0.3, -0.25) is 9.59 Å². The second-order valence-corrected chi connectivity index (χ2v) is 6.57. The van der Waals surface area contributed by atoms with Crippen LogP contribution in [-0.2, 0) is 9.59 Å². The Kier molecular flexibility index (Phi) is 5.01.